The molecular weight excluding hydrogens is 336 g/mol. The Kier molecular flexibility index (Phi) is 6.90. The molecule has 132 valence electrons. The number of hydrogen-bond donors (Lipinski definition) is 1. The first-order valence-corrected chi connectivity index (χ1v) is 11.4. The van der Waals surface area contributed by atoms with Gasteiger partial charge in [0.25, 0.3) is 0 Å². The summed E-state index contributed by atoms with van der Waals surface area (Å²) in [4.78, 5) is 16.6. The molecule has 2 aliphatic rings. The van der Waals surface area contributed by atoms with Crippen LogP contribution in [0.3, 0.4) is 0 Å². The first kappa shape index (κ1) is 18.1. The van der Waals surface area contributed by atoms with Crippen molar-refractivity contribution in [3.05, 3.63) is 24.4 Å². The number of carbonyl (C=O) groups excluding carboxylic acids is 1. The average molecular weight is 365 g/mol. The van der Waals surface area contributed by atoms with Gasteiger partial charge in [0.2, 0.25) is 5.91 Å². The Morgan fingerprint density at radius 1 is 1.29 bits per heavy atom. The van der Waals surface area contributed by atoms with Crippen LogP contribution in [0.15, 0.2) is 29.4 Å². The topological polar surface area (TPSA) is 42.0 Å². The van der Waals surface area contributed by atoms with E-state index >= 15 is 0 Å². The van der Waals surface area contributed by atoms with Gasteiger partial charge in [0, 0.05) is 23.9 Å². The number of aromatic nitrogens is 1. The van der Waals surface area contributed by atoms with E-state index in [1.54, 1.807) is 21.6 Å². The summed E-state index contributed by atoms with van der Waals surface area (Å²) in [6, 6.07) is 6.40. The van der Waals surface area contributed by atoms with Crippen LogP contribution in [0.25, 0.3) is 0 Å². The molecule has 24 heavy (non-hydrogen) atoms. The first-order valence-electron chi connectivity index (χ1n) is 9.22. The van der Waals surface area contributed by atoms with E-state index in [1.165, 1.54) is 38.5 Å². The maximum Gasteiger partial charge on any atom is 0.220 e. The molecule has 3 nitrogen and oxygen atoms in total. The summed E-state index contributed by atoms with van der Waals surface area (Å²) in [6.45, 7) is 2.19. The summed E-state index contributed by atoms with van der Waals surface area (Å²) in [5, 5.41) is 4.80. The Morgan fingerprint density at radius 3 is 2.79 bits per heavy atom. The zero-order chi connectivity index (χ0) is 16.8. The predicted molar refractivity (Wildman–Crippen MR) is 103 cm³/mol. The van der Waals surface area contributed by atoms with E-state index in [0.717, 1.165) is 23.3 Å². The second-order valence-electron chi connectivity index (χ2n) is 7.33. The number of nitrogens with zero attached hydrogens (tertiary/aromatic N) is 1. The van der Waals surface area contributed by atoms with E-state index < -0.39 is 0 Å². The molecule has 0 spiro atoms. The van der Waals surface area contributed by atoms with Gasteiger partial charge in [0.1, 0.15) is 5.03 Å². The molecule has 2 saturated carbocycles. The lowest BCUT2D eigenvalue weighted by atomic mass is 9.70. The van der Waals surface area contributed by atoms with Crippen LogP contribution >= 0.6 is 21.6 Å². The molecule has 2 bridgehead atoms. The number of amides is 1. The fraction of sp³-hybridized carbons (Fsp3) is 0.684. The third-order valence-corrected chi connectivity index (χ3v) is 8.06. The van der Waals surface area contributed by atoms with Crippen molar-refractivity contribution in [2.45, 2.75) is 74.6 Å². The van der Waals surface area contributed by atoms with E-state index in [0.29, 0.717) is 17.7 Å². The highest BCUT2D eigenvalue weighted by Crippen LogP contribution is 2.40. The Hall–Kier alpha value is -0.680. The standard InChI is InChI=1S/C19H28N2OS2/c1-14(23-24-19-7-2-3-10-20-19)8-9-18(22)21-17-12-15-5-4-6-16(11-15)13-17/h2-3,7,10,14-17H,4-6,8-9,11-13H2,1H3,(H,21,22). The van der Waals surface area contributed by atoms with Gasteiger partial charge in [-0.15, -0.1) is 0 Å². The lowest BCUT2D eigenvalue weighted by molar-refractivity contribution is -0.122. The fourth-order valence-electron chi connectivity index (χ4n) is 4.06. The summed E-state index contributed by atoms with van der Waals surface area (Å²) in [5.41, 5.74) is 0. The van der Waals surface area contributed by atoms with Crippen LogP contribution in [-0.2, 0) is 4.79 Å². The molecule has 1 heterocycles. The van der Waals surface area contributed by atoms with Crippen LogP contribution in [0.1, 0.15) is 58.3 Å². The van der Waals surface area contributed by atoms with Gasteiger partial charge < -0.3 is 5.32 Å². The van der Waals surface area contributed by atoms with E-state index in [1.807, 2.05) is 24.4 Å². The van der Waals surface area contributed by atoms with Crippen molar-refractivity contribution in [1.29, 1.82) is 0 Å². The van der Waals surface area contributed by atoms with Gasteiger partial charge in [-0.05, 0) is 60.4 Å². The Labute approximate surface area is 153 Å². The monoisotopic (exact) mass is 364 g/mol. The Morgan fingerprint density at radius 2 is 2.08 bits per heavy atom. The molecule has 2 fully saturated rings. The molecule has 1 aromatic rings. The minimum Gasteiger partial charge on any atom is -0.353 e. The molecule has 3 rings (SSSR count). The zero-order valence-corrected chi connectivity index (χ0v) is 16.1. The lowest BCUT2D eigenvalue weighted by Crippen LogP contribution is -2.42. The van der Waals surface area contributed by atoms with Crippen molar-refractivity contribution in [3.8, 4) is 0 Å². The van der Waals surface area contributed by atoms with E-state index in [-0.39, 0.29) is 5.91 Å². The summed E-state index contributed by atoms with van der Waals surface area (Å²) >= 11 is 0. The number of nitrogens with one attached hydrogen (secondary N) is 1. The molecule has 1 amide bonds. The SMILES string of the molecule is CC(CCC(=O)NC1CC2CCCC(C2)C1)SSc1ccccn1. The molecule has 0 saturated heterocycles. The van der Waals surface area contributed by atoms with Crippen molar-refractivity contribution < 1.29 is 4.79 Å². The second-order valence-corrected chi connectivity index (χ2v) is 9.99. The van der Waals surface area contributed by atoms with Gasteiger partial charge in [-0.2, -0.15) is 0 Å². The Bertz CT molecular complexity index is 513. The van der Waals surface area contributed by atoms with Crippen molar-refractivity contribution in [1.82, 2.24) is 10.3 Å². The van der Waals surface area contributed by atoms with Gasteiger partial charge in [0.05, 0.1) is 0 Å². The first-order chi connectivity index (χ1) is 11.7. The van der Waals surface area contributed by atoms with Gasteiger partial charge in [-0.3, -0.25) is 4.79 Å². The average Bonchev–Trinajstić information content (AvgIpc) is 2.59. The maximum absolute atomic E-state index is 12.3. The Balaban J connectivity index is 1.33. The van der Waals surface area contributed by atoms with Crippen LogP contribution in [0, 0.1) is 11.8 Å². The van der Waals surface area contributed by atoms with Gasteiger partial charge >= 0.3 is 0 Å². The second kappa shape index (κ2) is 9.14. The number of hydrogen-bond acceptors (Lipinski definition) is 4. The number of carbonyl (C=O) groups is 1. The largest absolute Gasteiger partial charge is 0.353 e. The quantitative estimate of drug-likeness (QED) is 0.685. The van der Waals surface area contributed by atoms with Crippen molar-refractivity contribution in [2.75, 3.05) is 0 Å². The van der Waals surface area contributed by atoms with Crippen LogP contribution in [-0.4, -0.2) is 22.2 Å². The van der Waals surface area contributed by atoms with Gasteiger partial charge in [-0.25, -0.2) is 4.98 Å². The highest BCUT2D eigenvalue weighted by atomic mass is 33.1. The smallest absolute Gasteiger partial charge is 0.220 e. The molecular formula is C19H28N2OS2. The van der Waals surface area contributed by atoms with Gasteiger partial charge in [-0.1, -0.05) is 43.0 Å². The molecule has 0 aliphatic heterocycles. The summed E-state index contributed by atoms with van der Waals surface area (Å²) < 4.78 is 0. The third-order valence-electron chi connectivity index (χ3n) is 5.21. The van der Waals surface area contributed by atoms with Crippen molar-refractivity contribution >= 4 is 27.5 Å². The van der Waals surface area contributed by atoms with Crippen LogP contribution in [0.5, 0.6) is 0 Å². The lowest BCUT2D eigenvalue weighted by Gasteiger charge is -2.39. The van der Waals surface area contributed by atoms with Crippen molar-refractivity contribution in [2.24, 2.45) is 11.8 Å². The highest BCUT2D eigenvalue weighted by molar-refractivity contribution is 8.76. The molecule has 0 radical (unpaired) electrons. The number of fused-ring (bicyclic) bond motifs is 2. The molecule has 1 N–H and O–H groups in total. The normalized spacial score (nSPS) is 27.5. The van der Waals surface area contributed by atoms with Gasteiger partial charge in [0.15, 0.2) is 0 Å². The molecule has 3 unspecified atom stereocenters. The third kappa shape index (κ3) is 5.69. The molecule has 1 aromatic heterocycles. The van der Waals surface area contributed by atoms with Crippen molar-refractivity contribution in [3.63, 3.8) is 0 Å². The van der Waals surface area contributed by atoms with Crippen LogP contribution < -0.4 is 5.32 Å². The zero-order valence-electron chi connectivity index (χ0n) is 14.4. The van der Waals surface area contributed by atoms with E-state index in [2.05, 4.69) is 17.2 Å². The summed E-state index contributed by atoms with van der Waals surface area (Å²) in [6.07, 6.45) is 11.4. The highest BCUT2D eigenvalue weighted by Gasteiger charge is 2.32. The van der Waals surface area contributed by atoms with Crippen LogP contribution in [0.4, 0.5) is 0 Å². The fourth-order valence-corrected chi connectivity index (χ4v) is 6.15. The molecule has 5 heteroatoms. The molecule has 2 aliphatic carbocycles. The van der Waals surface area contributed by atoms with E-state index in [4.69, 9.17) is 0 Å². The minimum absolute atomic E-state index is 0.246. The van der Waals surface area contributed by atoms with E-state index in [9.17, 15) is 4.79 Å². The van der Waals surface area contributed by atoms with Crippen LogP contribution in [0.2, 0.25) is 0 Å². The maximum atomic E-state index is 12.3. The summed E-state index contributed by atoms with van der Waals surface area (Å²) in [5.74, 6) is 1.98. The number of pyridine rings is 1. The predicted octanol–water partition coefficient (Wildman–Crippen LogP) is 5.08. The number of rotatable bonds is 7. The molecule has 0 aromatic carbocycles. The molecule has 3 atom stereocenters. The summed E-state index contributed by atoms with van der Waals surface area (Å²) in [7, 11) is 3.51. The minimum atomic E-state index is 0.246.